The molecular formula is C8H9N3S. The van der Waals surface area contributed by atoms with Crippen molar-refractivity contribution in [2.75, 3.05) is 6.26 Å². The van der Waals surface area contributed by atoms with Crippen molar-refractivity contribution in [3.8, 4) is 0 Å². The largest absolute Gasteiger partial charge is 0.318 e. The van der Waals surface area contributed by atoms with Crippen LogP contribution in [-0.4, -0.2) is 20.8 Å². The number of aromatic nitrogens is 3. The molecule has 0 atom stereocenters. The Labute approximate surface area is 74.8 Å². The van der Waals surface area contributed by atoms with E-state index in [9.17, 15) is 0 Å². The Morgan fingerprint density at radius 2 is 2.25 bits per heavy atom. The van der Waals surface area contributed by atoms with Gasteiger partial charge in [-0.25, -0.2) is 9.97 Å². The van der Waals surface area contributed by atoms with Gasteiger partial charge in [0.15, 0.2) is 5.65 Å². The molecule has 3 nitrogen and oxygen atoms in total. The topological polar surface area (TPSA) is 30.7 Å². The summed E-state index contributed by atoms with van der Waals surface area (Å²) in [5, 5.41) is 0. The molecule has 0 aliphatic rings. The van der Waals surface area contributed by atoms with Gasteiger partial charge in [-0.3, -0.25) is 0 Å². The van der Waals surface area contributed by atoms with Crippen molar-refractivity contribution in [3.05, 3.63) is 18.6 Å². The van der Waals surface area contributed by atoms with E-state index in [1.165, 1.54) is 0 Å². The number of pyridine rings is 1. The van der Waals surface area contributed by atoms with Gasteiger partial charge < -0.3 is 4.57 Å². The Balaban J connectivity index is 2.69. The quantitative estimate of drug-likeness (QED) is 0.624. The second-order valence-corrected chi connectivity index (χ2v) is 3.45. The minimum atomic E-state index is 0.938. The van der Waals surface area contributed by atoms with Crippen LogP contribution in [0.5, 0.6) is 0 Å². The summed E-state index contributed by atoms with van der Waals surface area (Å²) in [5.74, 6) is 0. The predicted octanol–water partition coefficient (Wildman–Crippen LogP) is 1.69. The lowest BCUT2D eigenvalue weighted by Crippen LogP contribution is -1.86. The zero-order valence-corrected chi connectivity index (χ0v) is 7.80. The van der Waals surface area contributed by atoms with Crippen molar-refractivity contribution < 1.29 is 0 Å². The minimum Gasteiger partial charge on any atom is -0.318 e. The molecule has 2 rings (SSSR count). The van der Waals surface area contributed by atoms with Gasteiger partial charge in [0.05, 0.1) is 6.33 Å². The van der Waals surface area contributed by atoms with E-state index in [4.69, 9.17) is 0 Å². The van der Waals surface area contributed by atoms with E-state index in [0.717, 1.165) is 16.1 Å². The summed E-state index contributed by atoms with van der Waals surface area (Å²) >= 11 is 1.68. The summed E-state index contributed by atoms with van der Waals surface area (Å²) in [4.78, 5) is 9.66. The van der Waals surface area contributed by atoms with Crippen LogP contribution in [-0.2, 0) is 7.05 Å². The lowest BCUT2D eigenvalue weighted by Gasteiger charge is -1.95. The van der Waals surface area contributed by atoms with Crippen molar-refractivity contribution in [1.29, 1.82) is 0 Å². The maximum Gasteiger partial charge on any atom is 0.159 e. The van der Waals surface area contributed by atoms with E-state index in [-0.39, 0.29) is 0 Å². The molecule has 0 aromatic carbocycles. The zero-order valence-electron chi connectivity index (χ0n) is 6.98. The number of aryl methyl sites for hydroxylation is 1. The third kappa shape index (κ3) is 1.08. The lowest BCUT2D eigenvalue weighted by molar-refractivity contribution is 0.929. The molecule has 2 heterocycles. The number of thioether (sulfide) groups is 1. The van der Waals surface area contributed by atoms with Crippen LogP contribution in [0, 0.1) is 0 Å². The molecule has 0 aliphatic carbocycles. The van der Waals surface area contributed by atoms with E-state index in [1.54, 1.807) is 18.1 Å². The molecule has 0 spiro atoms. The minimum absolute atomic E-state index is 0.938. The fourth-order valence-corrected chi connectivity index (χ4v) is 1.50. The highest BCUT2D eigenvalue weighted by Gasteiger charge is 2.00. The monoisotopic (exact) mass is 179 g/mol. The molecule has 0 unspecified atom stereocenters. The van der Waals surface area contributed by atoms with Gasteiger partial charge in [-0.15, -0.1) is 11.8 Å². The average molecular weight is 179 g/mol. The molecule has 0 radical (unpaired) electrons. The summed E-state index contributed by atoms with van der Waals surface area (Å²) in [6.45, 7) is 0. The summed E-state index contributed by atoms with van der Waals surface area (Å²) in [5.41, 5.74) is 1.90. The Morgan fingerprint density at radius 3 is 3.00 bits per heavy atom. The number of imidazole rings is 1. The molecule has 0 saturated carbocycles. The molecule has 2 aromatic heterocycles. The summed E-state index contributed by atoms with van der Waals surface area (Å²) in [6.07, 6.45) is 5.68. The van der Waals surface area contributed by atoms with E-state index in [0.29, 0.717) is 0 Å². The average Bonchev–Trinajstić information content (AvgIpc) is 2.47. The van der Waals surface area contributed by atoms with Crippen molar-refractivity contribution in [2.24, 2.45) is 7.05 Å². The van der Waals surface area contributed by atoms with Gasteiger partial charge in [0.2, 0.25) is 0 Å². The van der Waals surface area contributed by atoms with Gasteiger partial charge in [0.1, 0.15) is 5.52 Å². The maximum absolute atomic E-state index is 4.29. The first-order chi connectivity index (χ1) is 5.81. The van der Waals surface area contributed by atoms with Gasteiger partial charge in [-0.1, -0.05) is 0 Å². The number of hydrogen-bond acceptors (Lipinski definition) is 3. The fraction of sp³-hybridized carbons (Fsp3) is 0.250. The van der Waals surface area contributed by atoms with E-state index in [1.807, 2.05) is 30.1 Å². The second-order valence-electron chi connectivity index (χ2n) is 2.57. The van der Waals surface area contributed by atoms with Crippen molar-refractivity contribution >= 4 is 22.9 Å². The standard InChI is InChI=1S/C8H9N3S/c1-11-5-10-7-3-6(12-2)4-9-8(7)11/h3-5H,1-2H3. The van der Waals surface area contributed by atoms with Crippen LogP contribution in [0.4, 0.5) is 0 Å². The Morgan fingerprint density at radius 1 is 1.42 bits per heavy atom. The van der Waals surface area contributed by atoms with E-state index < -0.39 is 0 Å². The summed E-state index contributed by atoms with van der Waals surface area (Å²) in [6, 6.07) is 2.05. The number of nitrogens with zero attached hydrogens (tertiary/aromatic N) is 3. The Bertz CT molecular complexity index is 408. The third-order valence-corrected chi connectivity index (χ3v) is 2.46. The van der Waals surface area contributed by atoms with Crippen LogP contribution < -0.4 is 0 Å². The SMILES string of the molecule is CSc1cnc2c(c1)ncn2C. The molecule has 4 heteroatoms. The smallest absolute Gasteiger partial charge is 0.159 e. The zero-order chi connectivity index (χ0) is 8.55. The third-order valence-electron chi connectivity index (χ3n) is 1.76. The summed E-state index contributed by atoms with van der Waals surface area (Å²) in [7, 11) is 1.95. The molecular weight excluding hydrogens is 170 g/mol. The Kier molecular flexibility index (Phi) is 1.77. The first-order valence-electron chi connectivity index (χ1n) is 3.62. The molecule has 0 aliphatic heterocycles. The highest BCUT2D eigenvalue weighted by Crippen LogP contribution is 2.17. The van der Waals surface area contributed by atoms with Crippen LogP contribution in [0.3, 0.4) is 0 Å². The van der Waals surface area contributed by atoms with Gasteiger partial charge in [-0.05, 0) is 12.3 Å². The fourth-order valence-electron chi connectivity index (χ4n) is 1.11. The maximum atomic E-state index is 4.29. The van der Waals surface area contributed by atoms with Crippen LogP contribution in [0.2, 0.25) is 0 Å². The number of rotatable bonds is 1. The number of hydrogen-bond donors (Lipinski definition) is 0. The van der Waals surface area contributed by atoms with Gasteiger partial charge in [0, 0.05) is 18.1 Å². The van der Waals surface area contributed by atoms with E-state index >= 15 is 0 Å². The van der Waals surface area contributed by atoms with Crippen molar-refractivity contribution in [2.45, 2.75) is 4.90 Å². The molecule has 0 fully saturated rings. The highest BCUT2D eigenvalue weighted by molar-refractivity contribution is 7.98. The van der Waals surface area contributed by atoms with Crippen LogP contribution in [0.15, 0.2) is 23.5 Å². The van der Waals surface area contributed by atoms with Crippen LogP contribution in [0.1, 0.15) is 0 Å². The molecule has 12 heavy (non-hydrogen) atoms. The lowest BCUT2D eigenvalue weighted by atomic mass is 10.4. The van der Waals surface area contributed by atoms with Crippen LogP contribution in [0.25, 0.3) is 11.2 Å². The molecule has 62 valence electrons. The van der Waals surface area contributed by atoms with Crippen LogP contribution >= 0.6 is 11.8 Å². The molecule has 2 aromatic rings. The highest BCUT2D eigenvalue weighted by atomic mass is 32.2. The first kappa shape index (κ1) is 7.61. The Hall–Kier alpha value is -1.03. The second kappa shape index (κ2) is 2.79. The van der Waals surface area contributed by atoms with Crippen molar-refractivity contribution in [3.63, 3.8) is 0 Å². The van der Waals surface area contributed by atoms with Crippen molar-refractivity contribution in [1.82, 2.24) is 14.5 Å². The van der Waals surface area contributed by atoms with E-state index in [2.05, 4.69) is 9.97 Å². The molecule has 0 amide bonds. The predicted molar refractivity (Wildman–Crippen MR) is 50.3 cm³/mol. The number of fused-ring (bicyclic) bond motifs is 1. The summed E-state index contributed by atoms with van der Waals surface area (Å²) < 4.78 is 1.92. The van der Waals surface area contributed by atoms with Gasteiger partial charge >= 0.3 is 0 Å². The first-order valence-corrected chi connectivity index (χ1v) is 4.85. The van der Waals surface area contributed by atoms with Gasteiger partial charge in [0.25, 0.3) is 0 Å². The molecule has 0 bridgehead atoms. The van der Waals surface area contributed by atoms with Gasteiger partial charge in [-0.2, -0.15) is 0 Å². The molecule has 0 saturated heterocycles. The normalized spacial score (nSPS) is 10.8. The molecule has 0 N–H and O–H groups in total.